The second kappa shape index (κ2) is 5.96. The fraction of sp³-hybridized carbons (Fsp3) is 0.188. The second-order valence-electron chi connectivity index (χ2n) is 5.05. The number of hydrogen-bond donors (Lipinski definition) is 2. The number of anilines is 1. The first-order chi connectivity index (χ1) is 11.1. The van der Waals surface area contributed by atoms with Crippen LogP contribution < -0.4 is 11.0 Å². The number of carbonyl (C=O) groups is 1. The molecule has 0 atom stereocenters. The van der Waals surface area contributed by atoms with Gasteiger partial charge in [-0.15, -0.1) is 0 Å². The number of imidazole rings is 1. The van der Waals surface area contributed by atoms with Crippen LogP contribution in [0.4, 0.5) is 5.69 Å². The van der Waals surface area contributed by atoms with E-state index >= 15 is 0 Å². The van der Waals surface area contributed by atoms with Gasteiger partial charge in [0.05, 0.1) is 11.4 Å². The lowest BCUT2D eigenvalue weighted by Gasteiger charge is -2.07. The van der Waals surface area contributed by atoms with Crippen molar-refractivity contribution in [2.75, 3.05) is 5.32 Å². The summed E-state index contributed by atoms with van der Waals surface area (Å²) in [5, 5.41) is 6.69. The predicted molar refractivity (Wildman–Crippen MR) is 85.0 cm³/mol. The van der Waals surface area contributed by atoms with Crippen molar-refractivity contribution in [1.29, 1.82) is 0 Å². The van der Waals surface area contributed by atoms with E-state index in [0.29, 0.717) is 34.8 Å². The van der Waals surface area contributed by atoms with E-state index in [1.54, 1.807) is 43.6 Å². The number of benzene rings is 1. The van der Waals surface area contributed by atoms with E-state index in [0.717, 1.165) is 0 Å². The van der Waals surface area contributed by atoms with E-state index in [-0.39, 0.29) is 11.6 Å². The highest BCUT2D eigenvalue weighted by Crippen LogP contribution is 2.17. The minimum atomic E-state index is -0.257. The molecule has 2 aromatic heterocycles. The van der Waals surface area contributed by atoms with E-state index in [2.05, 4.69) is 15.5 Å². The van der Waals surface area contributed by atoms with Crippen LogP contribution in [0.25, 0.3) is 5.69 Å². The van der Waals surface area contributed by atoms with Crippen LogP contribution in [0.3, 0.4) is 0 Å². The van der Waals surface area contributed by atoms with Gasteiger partial charge in [0.15, 0.2) is 0 Å². The summed E-state index contributed by atoms with van der Waals surface area (Å²) < 4.78 is 6.55. The van der Waals surface area contributed by atoms with Crippen LogP contribution in [0.1, 0.15) is 28.7 Å². The molecular weight excluding hydrogens is 296 g/mol. The van der Waals surface area contributed by atoms with Gasteiger partial charge in [-0.2, -0.15) is 0 Å². The number of nitrogens with zero attached hydrogens (tertiary/aromatic N) is 2. The Labute approximate surface area is 131 Å². The highest BCUT2D eigenvalue weighted by molar-refractivity contribution is 6.05. The fourth-order valence-corrected chi connectivity index (χ4v) is 2.37. The van der Waals surface area contributed by atoms with E-state index in [1.165, 1.54) is 4.57 Å². The van der Waals surface area contributed by atoms with Crippen LogP contribution in [0.5, 0.6) is 0 Å². The first kappa shape index (κ1) is 14.8. The van der Waals surface area contributed by atoms with Gasteiger partial charge in [-0.05, 0) is 37.6 Å². The number of carbonyl (C=O) groups excluding carboxylic acids is 1. The summed E-state index contributed by atoms with van der Waals surface area (Å²) in [6, 6.07) is 6.99. The number of nitrogens with one attached hydrogen (secondary N) is 2. The molecule has 0 bridgehead atoms. The van der Waals surface area contributed by atoms with Crippen LogP contribution in [0, 0.1) is 6.92 Å². The summed E-state index contributed by atoms with van der Waals surface area (Å²) in [5.41, 5.74) is 2.23. The minimum absolute atomic E-state index is 0.213. The number of hydrogen-bond acceptors (Lipinski definition) is 4. The van der Waals surface area contributed by atoms with Crippen molar-refractivity contribution in [1.82, 2.24) is 14.7 Å². The van der Waals surface area contributed by atoms with Crippen molar-refractivity contribution in [2.45, 2.75) is 20.3 Å². The number of aryl methyl sites for hydroxylation is 2. The number of rotatable bonds is 4. The van der Waals surface area contributed by atoms with Crippen LogP contribution in [-0.4, -0.2) is 20.6 Å². The molecule has 0 saturated heterocycles. The molecule has 0 aliphatic carbocycles. The molecule has 0 saturated carbocycles. The lowest BCUT2D eigenvalue weighted by molar-refractivity contribution is 0.102. The zero-order chi connectivity index (χ0) is 16.4. The summed E-state index contributed by atoms with van der Waals surface area (Å²) in [6.45, 7) is 3.62. The van der Waals surface area contributed by atoms with E-state index < -0.39 is 0 Å². The van der Waals surface area contributed by atoms with Crippen molar-refractivity contribution in [3.8, 4) is 5.69 Å². The molecule has 7 heteroatoms. The minimum Gasteiger partial charge on any atom is -0.361 e. The Balaban J connectivity index is 1.81. The number of aromatic nitrogens is 3. The van der Waals surface area contributed by atoms with Gasteiger partial charge in [-0.3, -0.25) is 9.36 Å². The molecular formula is C16H16N4O3. The SMILES string of the molecule is CCc1noc(C)c1C(=O)Nc1ccc(-n2cc[nH]c2=O)cc1. The molecule has 1 amide bonds. The summed E-state index contributed by atoms with van der Waals surface area (Å²) in [7, 11) is 0. The van der Waals surface area contributed by atoms with E-state index in [1.807, 2.05) is 6.92 Å². The summed E-state index contributed by atoms with van der Waals surface area (Å²) in [6.07, 6.45) is 3.83. The molecule has 118 valence electrons. The summed E-state index contributed by atoms with van der Waals surface area (Å²) in [5.74, 6) is 0.238. The van der Waals surface area contributed by atoms with Crippen molar-refractivity contribution in [3.05, 3.63) is 64.2 Å². The van der Waals surface area contributed by atoms with Crippen molar-refractivity contribution >= 4 is 11.6 Å². The van der Waals surface area contributed by atoms with Gasteiger partial charge in [-0.25, -0.2) is 4.79 Å². The van der Waals surface area contributed by atoms with Crippen molar-refractivity contribution < 1.29 is 9.32 Å². The average Bonchev–Trinajstić information content (AvgIpc) is 3.13. The first-order valence-electron chi connectivity index (χ1n) is 7.23. The molecule has 3 aromatic rings. The zero-order valence-corrected chi connectivity index (χ0v) is 12.8. The van der Waals surface area contributed by atoms with Crippen LogP contribution in [-0.2, 0) is 6.42 Å². The normalized spacial score (nSPS) is 10.7. The Morgan fingerprint density at radius 2 is 2.09 bits per heavy atom. The van der Waals surface area contributed by atoms with Gasteiger partial charge in [0, 0.05) is 18.1 Å². The smallest absolute Gasteiger partial charge is 0.330 e. The molecule has 23 heavy (non-hydrogen) atoms. The maximum atomic E-state index is 12.4. The third kappa shape index (κ3) is 2.80. The van der Waals surface area contributed by atoms with Gasteiger partial charge in [-0.1, -0.05) is 12.1 Å². The van der Waals surface area contributed by atoms with Gasteiger partial charge in [0.2, 0.25) is 0 Å². The topological polar surface area (TPSA) is 92.9 Å². The van der Waals surface area contributed by atoms with Crippen LogP contribution >= 0.6 is 0 Å². The number of amides is 1. The Hall–Kier alpha value is -3.09. The highest BCUT2D eigenvalue weighted by atomic mass is 16.5. The molecule has 1 aromatic carbocycles. The molecule has 0 aliphatic heterocycles. The fourth-order valence-electron chi connectivity index (χ4n) is 2.37. The summed E-state index contributed by atoms with van der Waals surface area (Å²) >= 11 is 0. The first-order valence-corrected chi connectivity index (χ1v) is 7.23. The Kier molecular flexibility index (Phi) is 3.84. The van der Waals surface area contributed by atoms with Crippen LogP contribution in [0.15, 0.2) is 46.0 Å². The van der Waals surface area contributed by atoms with E-state index in [4.69, 9.17) is 4.52 Å². The van der Waals surface area contributed by atoms with Crippen molar-refractivity contribution in [2.24, 2.45) is 0 Å². The quantitative estimate of drug-likeness (QED) is 0.773. The molecule has 0 aliphatic rings. The molecule has 2 N–H and O–H groups in total. The van der Waals surface area contributed by atoms with Crippen molar-refractivity contribution in [3.63, 3.8) is 0 Å². The predicted octanol–water partition coefficient (Wildman–Crippen LogP) is 2.28. The molecule has 7 nitrogen and oxygen atoms in total. The van der Waals surface area contributed by atoms with Gasteiger partial charge >= 0.3 is 5.69 Å². The molecule has 0 unspecified atom stereocenters. The monoisotopic (exact) mass is 312 g/mol. The molecule has 2 heterocycles. The highest BCUT2D eigenvalue weighted by Gasteiger charge is 2.19. The third-order valence-corrected chi connectivity index (χ3v) is 3.55. The average molecular weight is 312 g/mol. The zero-order valence-electron chi connectivity index (χ0n) is 12.8. The van der Waals surface area contributed by atoms with Gasteiger partial charge in [0.25, 0.3) is 5.91 Å². The number of aromatic amines is 1. The Morgan fingerprint density at radius 1 is 1.35 bits per heavy atom. The standard InChI is InChI=1S/C16H16N4O3/c1-3-13-14(10(2)23-19-13)15(21)18-11-4-6-12(7-5-11)20-9-8-17-16(20)22/h4-9H,3H2,1-2H3,(H,17,22)(H,18,21). The Bertz CT molecular complexity index is 887. The van der Waals surface area contributed by atoms with Gasteiger partial charge < -0.3 is 14.8 Å². The lowest BCUT2D eigenvalue weighted by atomic mass is 10.1. The maximum absolute atomic E-state index is 12.4. The third-order valence-electron chi connectivity index (χ3n) is 3.55. The van der Waals surface area contributed by atoms with E-state index in [9.17, 15) is 9.59 Å². The Morgan fingerprint density at radius 3 is 2.70 bits per heavy atom. The molecule has 0 radical (unpaired) electrons. The lowest BCUT2D eigenvalue weighted by Crippen LogP contribution is -2.15. The summed E-state index contributed by atoms with van der Waals surface area (Å²) in [4.78, 5) is 26.5. The second-order valence-corrected chi connectivity index (χ2v) is 5.05. The molecule has 0 spiro atoms. The van der Waals surface area contributed by atoms with Crippen LogP contribution in [0.2, 0.25) is 0 Å². The molecule has 0 fully saturated rings. The largest absolute Gasteiger partial charge is 0.361 e. The molecule has 3 rings (SSSR count). The number of H-pyrrole nitrogens is 1. The van der Waals surface area contributed by atoms with Gasteiger partial charge in [0.1, 0.15) is 11.3 Å². The maximum Gasteiger partial charge on any atom is 0.330 e.